The van der Waals surface area contributed by atoms with E-state index in [1.54, 1.807) is 13.0 Å². The van der Waals surface area contributed by atoms with Crippen LogP contribution in [0, 0.1) is 0 Å². The standard InChI is InChI=1S/C13H19NO5S/c1-3-18-12(15)9-4-6-19-11(9)8-20-7-5-10(14)13(16)17-2/h4,6,10H,3,5,7-8,14H2,1-2H3. The third kappa shape index (κ3) is 4.90. The van der Waals surface area contributed by atoms with Gasteiger partial charge in [0.25, 0.3) is 0 Å². The van der Waals surface area contributed by atoms with E-state index in [2.05, 4.69) is 4.74 Å². The van der Waals surface area contributed by atoms with E-state index in [4.69, 9.17) is 14.9 Å². The summed E-state index contributed by atoms with van der Waals surface area (Å²) in [5.74, 6) is 0.952. The fourth-order valence-corrected chi connectivity index (χ4v) is 2.46. The van der Waals surface area contributed by atoms with Crippen molar-refractivity contribution in [2.75, 3.05) is 19.5 Å². The van der Waals surface area contributed by atoms with Gasteiger partial charge in [-0.25, -0.2) is 4.79 Å². The van der Waals surface area contributed by atoms with Crippen molar-refractivity contribution in [3.05, 3.63) is 23.7 Å². The van der Waals surface area contributed by atoms with Crippen LogP contribution in [0.25, 0.3) is 0 Å². The van der Waals surface area contributed by atoms with Crippen molar-refractivity contribution in [3.8, 4) is 0 Å². The lowest BCUT2D eigenvalue weighted by Gasteiger charge is -2.08. The molecule has 0 saturated heterocycles. The molecular weight excluding hydrogens is 282 g/mol. The Balaban J connectivity index is 2.38. The predicted molar refractivity (Wildman–Crippen MR) is 75.4 cm³/mol. The lowest BCUT2D eigenvalue weighted by molar-refractivity contribution is -0.142. The van der Waals surface area contributed by atoms with Gasteiger partial charge in [0, 0.05) is 0 Å². The van der Waals surface area contributed by atoms with Crippen LogP contribution in [0.1, 0.15) is 29.5 Å². The number of ether oxygens (including phenoxy) is 2. The van der Waals surface area contributed by atoms with Crippen molar-refractivity contribution in [2.24, 2.45) is 5.73 Å². The second kappa shape index (κ2) is 8.65. The highest BCUT2D eigenvalue weighted by Gasteiger charge is 2.16. The molecule has 0 bridgehead atoms. The van der Waals surface area contributed by atoms with E-state index < -0.39 is 12.0 Å². The molecule has 1 atom stereocenters. The molecule has 0 radical (unpaired) electrons. The molecule has 0 spiro atoms. The zero-order valence-corrected chi connectivity index (χ0v) is 12.4. The lowest BCUT2D eigenvalue weighted by Crippen LogP contribution is -2.31. The van der Waals surface area contributed by atoms with Crippen LogP contribution in [-0.2, 0) is 20.0 Å². The van der Waals surface area contributed by atoms with E-state index in [0.29, 0.717) is 35.9 Å². The van der Waals surface area contributed by atoms with Crippen molar-refractivity contribution in [2.45, 2.75) is 25.1 Å². The van der Waals surface area contributed by atoms with Gasteiger partial charge in [-0.05, 0) is 25.2 Å². The van der Waals surface area contributed by atoms with Crippen LogP contribution in [0.3, 0.4) is 0 Å². The third-order valence-electron chi connectivity index (χ3n) is 2.55. The summed E-state index contributed by atoms with van der Waals surface area (Å²) in [7, 11) is 1.31. The van der Waals surface area contributed by atoms with E-state index in [1.165, 1.54) is 25.1 Å². The summed E-state index contributed by atoms with van der Waals surface area (Å²) in [6, 6.07) is 0.974. The van der Waals surface area contributed by atoms with Crippen molar-refractivity contribution in [1.29, 1.82) is 0 Å². The highest BCUT2D eigenvalue weighted by atomic mass is 32.2. The number of rotatable bonds is 8. The number of carbonyl (C=O) groups excluding carboxylic acids is 2. The molecule has 20 heavy (non-hydrogen) atoms. The van der Waals surface area contributed by atoms with Gasteiger partial charge in [-0.15, -0.1) is 0 Å². The van der Waals surface area contributed by atoms with Crippen molar-refractivity contribution < 1.29 is 23.5 Å². The molecule has 1 rings (SSSR count). The summed E-state index contributed by atoms with van der Waals surface area (Å²) in [4.78, 5) is 22.7. The van der Waals surface area contributed by atoms with Gasteiger partial charge in [0.05, 0.1) is 25.7 Å². The SMILES string of the molecule is CCOC(=O)c1ccoc1CSCCC(N)C(=O)OC. The van der Waals surface area contributed by atoms with Gasteiger partial charge in [0.15, 0.2) is 0 Å². The Bertz CT molecular complexity index is 446. The number of carbonyl (C=O) groups is 2. The molecular formula is C13H19NO5S. The van der Waals surface area contributed by atoms with E-state index in [-0.39, 0.29) is 5.97 Å². The zero-order valence-electron chi connectivity index (χ0n) is 11.6. The number of furan rings is 1. The Morgan fingerprint density at radius 2 is 2.25 bits per heavy atom. The maximum absolute atomic E-state index is 11.6. The smallest absolute Gasteiger partial charge is 0.341 e. The number of esters is 2. The van der Waals surface area contributed by atoms with Gasteiger partial charge in [-0.1, -0.05) is 0 Å². The van der Waals surface area contributed by atoms with Crippen molar-refractivity contribution in [1.82, 2.24) is 0 Å². The highest BCUT2D eigenvalue weighted by Crippen LogP contribution is 2.19. The fourth-order valence-electron chi connectivity index (χ4n) is 1.49. The molecule has 1 unspecified atom stereocenters. The first-order valence-electron chi connectivity index (χ1n) is 6.24. The summed E-state index contributed by atoms with van der Waals surface area (Å²) in [5, 5.41) is 0. The Morgan fingerprint density at radius 3 is 2.90 bits per heavy atom. The first kappa shape index (κ1) is 16.6. The highest BCUT2D eigenvalue weighted by molar-refractivity contribution is 7.98. The summed E-state index contributed by atoms with van der Waals surface area (Å²) in [5.41, 5.74) is 6.06. The maximum atomic E-state index is 11.6. The van der Waals surface area contributed by atoms with E-state index in [1.807, 2.05) is 0 Å². The minimum atomic E-state index is -0.617. The molecule has 0 aliphatic rings. The minimum Gasteiger partial charge on any atom is -0.468 e. The van der Waals surface area contributed by atoms with Crippen molar-refractivity contribution in [3.63, 3.8) is 0 Å². The molecule has 6 nitrogen and oxygen atoms in total. The number of nitrogens with two attached hydrogens (primary N) is 1. The van der Waals surface area contributed by atoms with E-state index in [0.717, 1.165) is 0 Å². The Labute approximate surface area is 122 Å². The molecule has 0 fully saturated rings. The average molecular weight is 301 g/mol. The van der Waals surface area contributed by atoms with Gasteiger partial charge in [0.1, 0.15) is 17.4 Å². The van der Waals surface area contributed by atoms with Gasteiger partial charge < -0.3 is 19.6 Å². The lowest BCUT2D eigenvalue weighted by atomic mass is 10.2. The maximum Gasteiger partial charge on any atom is 0.341 e. The zero-order chi connectivity index (χ0) is 15.0. The molecule has 2 N–H and O–H groups in total. The van der Waals surface area contributed by atoms with E-state index in [9.17, 15) is 9.59 Å². The first-order valence-corrected chi connectivity index (χ1v) is 7.40. The summed E-state index contributed by atoms with van der Waals surface area (Å²) in [6.45, 7) is 2.07. The van der Waals surface area contributed by atoms with Gasteiger partial charge in [-0.2, -0.15) is 11.8 Å². The van der Waals surface area contributed by atoms with Gasteiger partial charge >= 0.3 is 11.9 Å². The Hall–Kier alpha value is -1.47. The molecule has 0 saturated carbocycles. The summed E-state index contributed by atoms with van der Waals surface area (Å²) < 4.78 is 14.7. The molecule has 0 amide bonds. The number of hydrogen-bond acceptors (Lipinski definition) is 7. The predicted octanol–water partition coefficient (Wildman–Crippen LogP) is 1.58. The molecule has 0 aliphatic heterocycles. The van der Waals surface area contributed by atoms with Gasteiger partial charge in [0.2, 0.25) is 0 Å². The number of methoxy groups -OCH3 is 1. The van der Waals surface area contributed by atoms with Crippen LogP contribution < -0.4 is 5.73 Å². The quantitative estimate of drug-likeness (QED) is 0.575. The van der Waals surface area contributed by atoms with Crippen LogP contribution in [0.2, 0.25) is 0 Å². The normalized spacial score (nSPS) is 11.9. The molecule has 0 aliphatic carbocycles. The van der Waals surface area contributed by atoms with Crippen molar-refractivity contribution >= 4 is 23.7 Å². The fraction of sp³-hybridized carbons (Fsp3) is 0.538. The van der Waals surface area contributed by atoms with Crippen LogP contribution in [0.15, 0.2) is 16.7 Å². The second-order valence-corrected chi connectivity index (χ2v) is 5.05. The van der Waals surface area contributed by atoms with Crippen LogP contribution >= 0.6 is 11.8 Å². The topological polar surface area (TPSA) is 91.8 Å². The van der Waals surface area contributed by atoms with E-state index >= 15 is 0 Å². The third-order valence-corrected chi connectivity index (χ3v) is 3.54. The largest absolute Gasteiger partial charge is 0.468 e. The molecule has 1 aromatic rings. The van der Waals surface area contributed by atoms with Crippen LogP contribution in [-0.4, -0.2) is 37.4 Å². The Kier molecular flexibility index (Phi) is 7.17. The van der Waals surface area contributed by atoms with Gasteiger partial charge in [-0.3, -0.25) is 4.79 Å². The average Bonchev–Trinajstić information content (AvgIpc) is 2.91. The molecule has 1 aromatic heterocycles. The molecule has 112 valence electrons. The second-order valence-electron chi connectivity index (χ2n) is 3.95. The Morgan fingerprint density at radius 1 is 1.50 bits per heavy atom. The first-order chi connectivity index (χ1) is 9.60. The summed E-state index contributed by atoms with van der Waals surface area (Å²) >= 11 is 1.53. The molecule has 1 heterocycles. The monoisotopic (exact) mass is 301 g/mol. The number of hydrogen-bond donors (Lipinski definition) is 1. The number of thioether (sulfide) groups is 1. The molecule has 0 aromatic carbocycles. The molecule has 7 heteroatoms. The minimum absolute atomic E-state index is 0.324. The summed E-state index contributed by atoms with van der Waals surface area (Å²) in [6.07, 6.45) is 1.97. The van der Waals surface area contributed by atoms with Crippen LogP contribution in [0.5, 0.6) is 0 Å². The van der Waals surface area contributed by atoms with Crippen LogP contribution in [0.4, 0.5) is 0 Å².